The van der Waals surface area contributed by atoms with Gasteiger partial charge in [0.1, 0.15) is 0 Å². The first kappa shape index (κ1) is 34.3. The average Bonchev–Trinajstić information content (AvgIpc) is 1.78. The van der Waals surface area contributed by atoms with Crippen molar-refractivity contribution in [2.75, 3.05) is 27.0 Å². The molecule has 0 radical (unpaired) electrons. The predicted molar refractivity (Wildman–Crippen MR) is 53.4 cm³/mol. The lowest BCUT2D eigenvalue weighted by atomic mass is 11.3. The van der Waals surface area contributed by atoms with Gasteiger partial charge in [-0.2, -0.15) is 0 Å². The summed E-state index contributed by atoms with van der Waals surface area (Å²) < 4.78 is 0. The Morgan fingerprint density at radius 3 is 1.00 bits per heavy atom. The number of alkyl halides is 1. The molecule has 0 fully saturated rings. The van der Waals surface area contributed by atoms with E-state index in [1.807, 2.05) is 19.9 Å². The molecule has 0 aromatic rings. The van der Waals surface area contributed by atoms with Crippen LogP contribution in [0, 0.1) is 0 Å². The van der Waals surface area contributed by atoms with Crippen molar-refractivity contribution in [3.63, 3.8) is 0 Å². The molecule has 64 valence electrons. The highest BCUT2D eigenvalue weighted by atomic mass is 79.9. The van der Waals surface area contributed by atoms with E-state index in [0.717, 1.165) is 0 Å². The fourth-order valence-electron chi connectivity index (χ4n) is 0. The fourth-order valence-corrected chi connectivity index (χ4v) is 0. The summed E-state index contributed by atoms with van der Waals surface area (Å²) in [6.07, 6.45) is 0. The van der Waals surface area contributed by atoms with Gasteiger partial charge < -0.3 is 11.1 Å². The highest BCUT2D eigenvalue weighted by Gasteiger charge is 1.25. The van der Waals surface area contributed by atoms with Crippen molar-refractivity contribution in [3.8, 4) is 0 Å². The largest absolute Gasteiger partial charge is 0.333 e. The summed E-state index contributed by atoms with van der Waals surface area (Å²) in [6, 6.07) is 0. The molecule has 0 aliphatic carbocycles. The third kappa shape index (κ3) is 2150. The minimum atomic E-state index is 0. The van der Waals surface area contributed by atoms with Crippen LogP contribution in [-0.4, -0.2) is 27.0 Å². The van der Waals surface area contributed by atoms with Crippen LogP contribution in [0.25, 0.3) is 0 Å². The fraction of sp³-hybridized carbons (Fsp3) is 1.00. The monoisotopic (exact) mass is 202 g/mol. The van der Waals surface area contributed by atoms with Gasteiger partial charge in [-0.25, -0.2) is 0 Å². The molecule has 3 heteroatoms. The van der Waals surface area contributed by atoms with Gasteiger partial charge in [0, 0.05) is 0 Å². The molecular formula is C6H23BrN2. The maximum atomic E-state index is 4.50. The summed E-state index contributed by atoms with van der Waals surface area (Å²) in [6.45, 7) is 0. The van der Waals surface area contributed by atoms with Gasteiger partial charge in [0.25, 0.3) is 0 Å². The summed E-state index contributed by atoms with van der Waals surface area (Å²) in [5, 5.41) is 2.75. The Balaban J connectivity index is -0.00000000825. The van der Waals surface area contributed by atoms with Crippen LogP contribution < -0.4 is 11.1 Å². The maximum absolute atomic E-state index is 4.50. The van der Waals surface area contributed by atoms with E-state index in [0.29, 0.717) is 0 Å². The molecule has 0 aromatic carbocycles. The lowest BCUT2D eigenvalue weighted by Crippen LogP contribution is -1.89. The number of hydrogen-bond acceptors (Lipinski definition) is 2. The second kappa shape index (κ2) is 235. The molecule has 0 aromatic heterocycles. The van der Waals surface area contributed by atoms with Gasteiger partial charge in [-0.3, -0.25) is 0 Å². The van der Waals surface area contributed by atoms with E-state index in [1.54, 1.807) is 0 Å². The van der Waals surface area contributed by atoms with Crippen LogP contribution in [-0.2, 0) is 0 Å². The lowest BCUT2D eigenvalue weighted by Gasteiger charge is -1.59. The van der Waals surface area contributed by atoms with Gasteiger partial charge in [-0.15, -0.1) is 0 Å². The SMILES string of the molecule is C.C.CBr.CN.CNC. The van der Waals surface area contributed by atoms with Gasteiger partial charge in [-0.1, -0.05) is 30.8 Å². The van der Waals surface area contributed by atoms with Crippen molar-refractivity contribution in [3.05, 3.63) is 0 Å². The summed E-state index contributed by atoms with van der Waals surface area (Å²) in [5.74, 6) is 1.81. The Morgan fingerprint density at radius 1 is 1.00 bits per heavy atom. The molecule has 0 rings (SSSR count). The van der Waals surface area contributed by atoms with Gasteiger partial charge in [0.15, 0.2) is 0 Å². The molecule has 0 saturated carbocycles. The van der Waals surface area contributed by atoms with Gasteiger partial charge >= 0.3 is 0 Å². The van der Waals surface area contributed by atoms with E-state index in [4.69, 9.17) is 0 Å². The summed E-state index contributed by atoms with van der Waals surface area (Å²) in [5.41, 5.74) is 4.50. The minimum absolute atomic E-state index is 0. The quantitative estimate of drug-likeness (QED) is 0.588. The topological polar surface area (TPSA) is 38.0 Å². The van der Waals surface area contributed by atoms with Crippen molar-refractivity contribution in [2.45, 2.75) is 14.9 Å². The van der Waals surface area contributed by atoms with Crippen LogP contribution >= 0.6 is 15.9 Å². The number of nitrogens with one attached hydrogen (secondary N) is 1. The molecule has 0 unspecified atom stereocenters. The van der Waals surface area contributed by atoms with Crippen molar-refractivity contribution in [1.82, 2.24) is 5.32 Å². The van der Waals surface area contributed by atoms with Crippen molar-refractivity contribution >= 4 is 15.9 Å². The standard InChI is InChI=1S/C2H7N.CH3Br.CH5N.2CH4/c1-3-2;2*1-2;;/h3H,1-2H3;1H3;2H2,1H3;2*1H4. The number of nitrogens with two attached hydrogens (primary N) is 1. The molecule has 0 aliphatic rings. The Labute approximate surface area is 69.3 Å². The summed E-state index contributed by atoms with van der Waals surface area (Å²) in [4.78, 5) is 0. The van der Waals surface area contributed by atoms with Crippen LogP contribution in [0.1, 0.15) is 14.9 Å². The van der Waals surface area contributed by atoms with E-state index >= 15 is 0 Å². The van der Waals surface area contributed by atoms with Crippen LogP contribution in [0.5, 0.6) is 0 Å². The molecule has 0 saturated heterocycles. The molecule has 0 heterocycles. The van der Waals surface area contributed by atoms with E-state index in [9.17, 15) is 0 Å². The van der Waals surface area contributed by atoms with Gasteiger partial charge in [-0.05, 0) is 27.0 Å². The highest BCUT2D eigenvalue weighted by molar-refractivity contribution is 9.08. The Morgan fingerprint density at radius 2 is 1.00 bits per heavy atom. The van der Waals surface area contributed by atoms with E-state index < -0.39 is 0 Å². The smallest absolute Gasteiger partial charge is 0.00848 e. The zero-order valence-electron chi connectivity index (χ0n) is 5.46. The minimum Gasteiger partial charge on any atom is -0.333 e. The number of hydrogen-bond donors (Lipinski definition) is 2. The first-order chi connectivity index (χ1) is 3.41. The second-order valence-electron chi connectivity index (χ2n) is 0.500. The van der Waals surface area contributed by atoms with Crippen LogP contribution in [0.3, 0.4) is 0 Å². The van der Waals surface area contributed by atoms with Crippen LogP contribution in [0.15, 0.2) is 0 Å². The molecule has 9 heavy (non-hydrogen) atoms. The van der Waals surface area contributed by atoms with E-state index in [1.165, 1.54) is 7.05 Å². The Hall–Kier alpha value is 0.400. The molecule has 0 atom stereocenters. The van der Waals surface area contributed by atoms with Gasteiger partial charge in [0.05, 0.1) is 0 Å². The average molecular weight is 203 g/mol. The molecular weight excluding hydrogens is 180 g/mol. The number of halogens is 1. The summed E-state index contributed by atoms with van der Waals surface area (Å²) >= 11 is 2.94. The van der Waals surface area contributed by atoms with Crippen LogP contribution in [0.4, 0.5) is 0 Å². The van der Waals surface area contributed by atoms with E-state index in [2.05, 4.69) is 27.0 Å². The van der Waals surface area contributed by atoms with Crippen molar-refractivity contribution < 1.29 is 0 Å². The Kier molecular flexibility index (Phi) is 893. The highest BCUT2D eigenvalue weighted by Crippen LogP contribution is 1.45. The third-order valence-corrected chi connectivity index (χ3v) is 0. The van der Waals surface area contributed by atoms with Crippen molar-refractivity contribution in [2.24, 2.45) is 5.73 Å². The first-order valence-corrected chi connectivity index (χ1v) is 3.54. The predicted octanol–water partition coefficient (Wildman–Crippen LogP) is 1.69. The second-order valence-corrected chi connectivity index (χ2v) is 0.500. The van der Waals surface area contributed by atoms with Crippen LogP contribution in [0.2, 0.25) is 0 Å². The molecule has 0 spiro atoms. The maximum Gasteiger partial charge on any atom is -0.00848 e. The summed E-state index contributed by atoms with van der Waals surface area (Å²) in [7, 11) is 5.25. The molecule has 2 nitrogen and oxygen atoms in total. The molecule has 0 bridgehead atoms. The number of rotatable bonds is 0. The zero-order chi connectivity index (χ0) is 6.71. The van der Waals surface area contributed by atoms with Gasteiger partial charge in [0.2, 0.25) is 0 Å². The third-order valence-electron chi connectivity index (χ3n) is 0. The zero-order valence-corrected chi connectivity index (χ0v) is 7.04. The molecule has 0 aliphatic heterocycles. The lowest BCUT2D eigenvalue weighted by molar-refractivity contribution is 1.02. The molecule has 3 N–H and O–H groups in total. The normalized spacial score (nSPS) is 3.33. The van der Waals surface area contributed by atoms with Crippen molar-refractivity contribution in [1.29, 1.82) is 0 Å². The Bertz CT molecular complexity index is 11.0. The molecule has 0 amide bonds. The van der Waals surface area contributed by atoms with E-state index in [-0.39, 0.29) is 14.9 Å². The first-order valence-electron chi connectivity index (χ1n) is 1.96.